The van der Waals surface area contributed by atoms with E-state index in [-0.39, 0.29) is 18.3 Å². The lowest BCUT2D eigenvalue weighted by Crippen LogP contribution is -2.32. The smallest absolute Gasteiger partial charge is 0.270 e. The van der Waals surface area contributed by atoms with Gasteiger partial charge in [0.05, 0.1) is 15.1 Å². The van der Waals surface area contributed by atoms with E-state index in [1.54, 1.807) is 11.3 Å². The van der Waals surface area contributed by atoms with E-state index < -0.39 is 0 Å². The number of amides is 1. The van der Waals surface area contributed by atoms with E-state index in [0.29, 0.717) is 6.54 Å². The zero-order valence-electron chi connectivity index (χ0n) is 15.5. The number of hydrogen-bond donors (Lipinski definition) is 0. The highest BCUT2D eigenvalue weighted by molar-refractivity contribution is 7.22. The molecule has 0 fully saturated rings. The molecule has 0 aliphatic rings. The van der Waals surface area contributed by atoms with Crippen molar-refractivity contribution in [3.63, 3.8) is 0 Å². The first-order valence-corrected chi connectivity index (χ1v) is 10.0. The summed E-state index contributed by atoms with van der Waals surface area (Å²) in [4.78, 5) is 22.6. The van der Waals surface area contributed by atoms with Crippen molar-refractivity contribution in [2.75, 3.05) is 32.1 Å². The number of rotatable bonds is 6. The Bertz CT molecular complexity index is 874. The molecular weight excluding hydrogens is 386 g/mol. The Morgan fingerprint density at radius 1 is 1.15 bits per heavy atom. The number of halogens is 1. The Balaban J connectivity index is 0.00000243. The van der Waals surface area contributed by atoms with Crippen molar-refractivity contribution in [3.8, 4) is 0 Å². The van der Waals surface area contributed by atoms with Crippen molar-refractivity contribution in [2.45, 2.75) is 20.3 Å². The fourth-order valence-corrected chi connectivity index (χ4v) is 4.41. The summed E-state index contributed by atoms with van der Waals surface area (Å²) in [7, 11) is 4.10. The van der Waals surface area contributed by atoms with Gasteiger partial charge in [0.15, 0.2) is 5.13 Å². The molecule has 0 spiro atoms. The Kier molecular flexibility index (Phi) is 7.17. The maximum absolute atomic E-state index is 13.0. The minimum Gasteiger partial charge on any atom is -0.309 e. The van der Waals surface area contributed by atoms with Gasteiger partial charge < -0.3 is 4.90 Å². The molecule has 1 amide bonds. The first-order valence-electron chi connectivity index (χ1n) is 8.34. The number of anilines is 1. The fourth-order valence-electron chi connectivity index (χ4n) is 2.69. The molecule has 0 saturated carbocycles. The van der Waals surface area contributed by atoms with Crippen LogP contribution in [-0.4, -0.2) is 43.0 Å². The van der Waals surface area contributed by atoms with Gasteiger partial charge in [-0.05, 0) is 69.5 Å². The third-order valence-corrected chi connectivity index (χ3v) is 6.17. The number of nitrogens with zero attached hydrogens (tertiary/aromatic N) is 3. The molecule has 0 N–H and O–H groups in total. The third-order valence-electron chi connectivity index (χ3n) is 4.27. The average molecular weight is 410 g/mol. The zero-order valence-corrected chi connectivity index (χ0v) is 17.9. The zero-order chi connectivity index (χ0) is 18.0. The van der Waals surface area contributed by atoms with Gasteiger partial charge in [-0.2, -0.15) is 0 Å². The molecule has 2 aromatic heterocycles. The van der Waals surface area contributed by atoms with Gasteiger partial charge in [0.2, 0.25) is 0 Å². The predicted octanol–water partition coefficient (Wildman–Crippen LogP) is 4.99. The van der Waals surface area contributed by atoms with Crippen LogP contribution in [0.4, 0.5) is 5.13 Å². The second-order valence-corrected chi connectivity index (χ2v) is 8.40. The summed E-state index contributed by atoms with van der Waals surface area (Å²) in [5.74, 6) is 0.0437. The van der Waals surface area contributed by atoms with Crippen LogP contribution >= 0.6 is 35.1 Å². The van der Waals surface area contributed by atoms with Gasteiger partial charge in [0.25, 0.3) is 5.91 Å². The molecule has 3 rings (SSSR count). The maximum Gasteiger partial charge on any atom is 0.270 e. The highest BCUT2D eigenvalue weighted by atomic mass is 35.5. The van der Waals surface area contributed by atoms with Crippen LogP contribution in [0.2, 0.25) is 0 Å². The summed E-state index contributed by atoms with van der Waals surface area (Å²) in [6.07, 6.45) is 0.915. The lowest BCUT2D eigenvalue weighted by atomic mass is 10.1. The lowest BCUT2D eigenvalue weighted by molar-refractivity contribution is 0.0990. The van der Waals surface area contributed by atoms with Crippen LogP contribution in [0.3, 0.4) is 0 Å². The van der Waals surface area contributed by atoms with Crippen molar-refractivity contribution < 1.29 is 4.79 Å². The van der Waals surface area contributed by atoms with Crippen LogP contribution in [0.15, 0.2) is 29.6 Å². The van der Waals surface area contributed by atoms with Crippen LogP contribution in [-0.2, 0) is 0 Å². The van der Waals surface area contributed by atoms with Crippen molar-refractivity contribution in [3.05, 3.63) is 45.6 Å². The van der Waals surface area contributed by atoms with Gasteiger partial charge >= 0.3 is 0 Å². The Morgan fingerprint density at radius 3 is 2.58 bits per heavy atom. The molecule has 3 aromatic rings. The molecule has 0 bridgehead atoms. The van der Waals surface area contributed by atoms with E-state index >= 15 is 0 Å². The summed E-state index contributed by atoms with van der Waals surface area (Å²) in [6.45, 7) is 5.81. The first kappa shape index (κ1) is 20.8. The molecule has 0 atom stereocenters. The van der Waals surface area contributed by atoms with E-state index in [4.69, 9.17) is 4.98 Å². The predicted molar refractivity (Wildman–Crippen MR) is 116 cm³/mol. The summed E-state index contributed by atoms with van der Waals surface area (Å²) in [5, 5.41) is 2.73. The van der Waals surface area contributed by atoms with E-state index in [2.05, 4.69) is 45.0 Å². The minimum atomic E-state index is 0. The SMILES string of the molecule is Cc1ccc2sc(N(CCCN(C)C)C(=O)c3cccs3)nc2c1C.Cl. The van der Waals surface area contributed by atoms with E-state index in [9.17, 15) is 4.79 Å². The molecule has 7 heteroatoms. The Morgan fingerprint density at radius 2 is 1.92 bits per heavy atom. The molecule has 140 valence electrons. The van der Waals surface area contributed by atoms with Gasteiger partial charge in [0.1, 0.15) is 0 Å². The third kappa shape index (κ3) is 4.43. The van der Waals surface area contributed by atoms with Crippen LogP contribution in [0, 0.1) is 13.8 Å². The van der Waals surface area contributed by atoms with Gasteiger partial charge in [-0.25, -0.2) is 4.98 Å². The number of carbonyl (C=O) groups is 1. The van der Waals surface area contributed by atoms with Gasteiger partial charge in [-0.3, -0.25) is 9.69 Å². The van der Waals surface area contributed by atoms with Crippen LogP contribution in [0.1, 0.15) is 27.2 Å². The molecule has 4 nitrogen and oxygen atoms in total. The van der Waals surface area contributed by atoms with Gasteiger partial charge in [0, 0.05) is 6.54 Å². The lowest BCUT2D eigenvalue weighted by Gasteiger charge is -2.20. The summed E-state index contributed by atoms with van der Waals surface area (Å²) >= 11 is 3.08. The summed E-state index contributed by atoms with van der Waals surface area (Å²) in [6, 6.07) is 8.03. The standard InChI is InChI=1S/C19H23N3OS2.ClH/c1-13-8-9-15-17(14(13)2)20-19(25-15)22(11-6-10-21(3)4)18(23)16-7-5-12-24-16;/h5,7-9,12H,6,10-11H2,1-4H3;1H. The number of fused-ring (bicyclic) bond motifs is 1. The largest absolute Gasteiger partial charge is 0.309 e. The number of carbonyl (C=O) groups excluding carboxylic acids is 1. The summed E-state index contributed by atoms with van der Waals surface area (Å²) < 4.78 is 1.13. The molecule has 2 heterocycles. The highest BCUT2D eigenvalue weighted by Crippen LogP contribution is 2.33. The monoisotopic (exact) mass is 409 g/mol. The average Bonchev–Trinajstić information content (AvgIpc) is 3.24. The topological polar surface area (TPSA) is 36.4 Å². The second-order valence-electron chi connectivity index (χ2n) is 6.44. The van der Waals surface area contributed by atoms with Crippen molar-refractivity contribution in [1.29, 1.82) is 0 Å². The molecule has 0 radical (unpaired) electrons. The van der Waals surface area contributed by atoms with E-state index in [1.807, 2.05) is 22.4 Å². The highest BCUT2D eigenvalue weighted by Gasteiger charge is 2.22. The van der Waals surface area contributed by atoms with Crippen molar-refractivity contribution in [2.24, 2.45) is 0 Å². The number of thiophene rings is 1. The summed E-state index contributed by atoms with van der Waals surface area (Å²) in [5.41, 5.74) is 3.43. The molecule has 0 unspecified atom stereocenters. The number of hydrogen-bond acceptors (Lipinski definition) is 5. The van der Waals surface area contributed by atoms with Crippen LogP contribution in [0.25, 0.3) is 10.2 Å². The Hall–Kier alpha value is -1.47. The van der Waals surface area contributed by atoms with Gasteiger partial charge in [-0.15, -0.1) is 23.7 Å². The molecule has 0 aliphatic carbocycles. The maximum atomic E-state index is 13.0. The number of benzene rings is 1. The number of aromatic nitrogens is 1. The quantitative estimate of drug-likeness (QED) is 0.575. The number of aryl methyl sites for hydroxylation is 2. The fraction of sp³-hybridized carbons (Fsp3) is 0.368. The molecule has 0 aliphatic heterocycles. The molecular formula is C19H24ClN3OS2. The van der Waals surface area contributed by atoms with Crippen LogP contribution < -0.4 is 4.90 Å². The Labute approximate surface area is 168 Å². The molecule has 1 aromatic carbocycles. The molecule has 0 saturated heterocycles. The first-order chi connectivity index (χ1) is 12.0. The number of thiazole rings is 1. The van der Waals surface area contributed by atoms with Crippen molar-refractivity contribution >= 4 is 56.3 Å². The van der Waals surface area contributed by atoms with Crippen molar-refractivity contribution in [1.82, 2.24) is 9.88 Å². The van der Waals surface area contributed by atoms with Crippen LogP contribution in [0.5, 0.6) is 0 Å². The normalized spacial score (nSPS) is 11.0. The van der Waals surface area contributed by atoms with Gasteiger partial charge in [-0.1, -0.05) is 23.5 Å². The van der Waals surface area contributed by atoms with E-state index in [0.717, 1.165) is 33.2 Å². The second kappa shape index (κ2) is 8.95. The molecule has 26 heavy (non-hydrogen) atoms. The minimum absolute atomic E-state index is 0. The van der Waals surface area contributed by atoms with E-state index in [1.165, 1.54) is 22.5 Å².